The van der Waals surface area contributed by atoms with Crippen LogP contribution in [0.2, 0.25) is 0 Å². The Labute approximate surface area is 141 Å². The minimum atomic E-state index is -0.252. The highest BCUT2D eigenvalue weighted by Crippen LogP contribution is 2.48. The number of aryl methyl sites for hydroxylation is 1. The normalized spacial score (nSPS) is 17.0. The van der Waals surface area contributed by atoms with Crippen LogP contribution in [0.1, 0.15) is 28.3 Å². The molecule has 0 radical (unpaired) electrons. The number of hydrogen-bond donors (Lipinski definition) is 0. The number of aromatic nitrogens is 2. The molecule has 0 N–H and O–H groups in total. The van der Waals surface area contributed by atoms with E-state index in [-0.39, 0.29) is 11.1 Å². The molecule has 1 aliphatic heterocycles. The second-order valence-corrected chi connectivity index (χ2v) is 7.63. The van der Waals surface area contributed by atoms with E-state index in [1.807, 2.05) is 18.5 Å². The summed E-state index contributed by atoms with van der Waals surface area (Å²) in [5, 5.41) is 7.99. The summed E-state index contributed by atoms with van der Waals surface area (Å²) >= 11 is 3.51. The molecule has 3 nitrogen and oxygen atoms in total. The van der Waals surface area contributed by atoms with Crippen LogP contribution in [0.4, 0.5) is 10.2 Å². The summed E-state index contributed by atoms with van der Waals surface area (Å²) in [6.07, 6.45) is 0. The van der Waals surface area contributed by atoms with Crippen molar-refractivity contribution in [3.63, 3.8) is 0 Å². The van der Waals surface area contributed by atoms with Crippen LogP contribution in [0.5, 0.6) is 0 Å². The second kappa shape index (κ2) is 5.62. The zero-order chi connectivity index (χ0) is 16.0. The molecule has 0 amide bonds. The molecule has 0 bridgehead atoms. The van der Waals surface area contributed by atoms with Gasteiger partial charge in [0, 0.05) is 10.4 Å². The molecule has 0 fully saturated rings. The van der Waals surface area contributed by atoms with Crippen molar-refractivity contribution >= 4 is 34.0 Å². The average molecular weight is 343 g/mol. The van der Waals surface area contributed by atoms with Crippen molar-refractivity contribution < 1.29 is 4.39 Å². The monoisotopic (exact) mass is 343 g/mol. The molecule has 4 rings (SSSR count). The molecule has 1 aromatic carbocycles. The van der Waals surface area contributed by atoms with Gasteiger partial charge >= 0.3 is 0 Å². The first kappa shape index (κ1) is 14.7. The van der Waals surface area contributed by atoms with Crippen LogP contribution in [-0.4, -0.2) is 14.8 Å². The molecule has 1 atom stereocenters. The van der Waals surface area contributed by atoms with Crippen molar-refractivity contribution in [1.29, 1.82) is 0 Å². The Kier molecular flexibility index (Phi) is 3.58. The molecular weight excluding hydrogens is 329 g/mol. The van der Waals surface area contributed by atoms with Gasteiger partial charge in [0.2, 0.25) is 0 Å². The molecule has 0 unspecified atom stereocenters. The van der Waals surface area contributed by atoms with Crippen LogP contribution in [0.15, 0.2) is 46.8 Å². The van der Waals surface area contributed by atoms with Gasteiger partial charge in [0.25, 0.3) is 0 Å². The molecule has 3 heterocycles. The van der Waals surface area contributed by atoms with E-state index in [1.54, 1.807) is 35.2 Å². The Morgan fingerprint density at radius 1 is 1.13 bits per heavy atom. The van der Waals surface area contributed by atoms with E-state index in [2.05, 4.69) is 22.6 Å². The number of rotatable bonds is 2. The van der Waals surface area contributed by atoms with E-state index >= 15 is 0 Å². The van der Waals surface area contributed by atoms with Crippen LogP contribution in [0.3, 0.4) is 0 Å². The predicted octanol–water partition coefficient (Wildman–Crippen LogP) is 5.27. The maximum absolute atomic E-state index is 13.2. The molecule has 2 aromatic heterocycles. The maximum Gasteiger partial charge on any atom is 0.161 e. The minimum absolute atomic E-state index is 0.219. The Bertz CT molecular complexity index is 879. The summed E-state index contributed by atoms with van der Waals surface area (Å²) in [7, 11) is 0. The second-order valence-electron chi connectivity index (χ2n) is 5.36. The Morgan fingerprint density at radius 3 is 2.61 bits per heavy atom. The Morgan fingerprint density at radius 2 is 1.91 bits per heavy atom. The summed E-state index contributed by atoms with van der Waals surface area (Å²) < 4.78 is 15.0. The number of aliphatic imine (C=N–C) groups is 1. The van der Waals surface area contributed by atoms with E-state index in [0.29, 0.717) is 0 Å². The van der Waals surface area contributed by atoms with Crippen molar-refractivity contribution in [3.8, 4) is 5.69 Å². The van der Waals surface area contributed by atoms with Crippen LogP contribution in [-0.2, 0) is 0 Å². The molecule has 23 heavy (non-hydrogen) atoms. The van der Waals surface area contributed by atoms with Crippen molar-refractivity contribution in [2.24, 2.45) is 4.99 Å². The average Bonchev–Trinajstić information content (AvgIpc) is 3.16. The van der Waals surface area contributed by atoms with Crippen LogP contribution in [0, 0.1) is 12.7 Å². The zero-order valence-electron chi connectivity index (χ0n) is 12.7. The maximum atomic E-state index is 13.2. The van der Waals surface area contributed by atoms with Gasteiger partial charge in [0.05, 0.1) is 21.7 Å². The zero-order valence-corrected chi connectivity index (χ0v) is 14.3. The molecule has 6 heteroatoms. The molecule has 0 saturated carbocycles. The van der Waals surface area contributed by atoms with E-state index in [1.165, 1.54) is 17.0 Å². The lowest BCUT2D eigenvalue weighted by atomic mass is 10.1. The number of nitrogens with zero attached hydrogens (tertiary/aromatic N) is 3. The third-order valence-electron chi connectivity index (χ3n) is 3.77. The smallest absolute Gasteiger partial charge is 0.161 e. The SMILES string of the molecule is CC1=Nc2c(c(C)nn2-c2ccc(F)cc2)[C@H](c2cccs2)S1. The molecule has 3 aromatic rings. The molecule has 0 aliphatic carbocycles. The van der Waals surface area contributed by atoms with E-state index in [0.717, 1.165) is 27.8 Å². The fraction of sp³-hybridized carbons (Fsp3) is 0.176. The largest absolute Gasteiger partial charge is 0.227 e. The van der Waals surface area contributed by atoms with Crippen LogP contribution in [0.25, 0.3) is 5.69 Å². The first-order valence-corrected chi connectivity index (χ1v) is 9.00. The van der Waals surface area contributed by atoms with E-state index < -0.39 is 0 Å². The highest BCUT2D eigenvalue weighted by molar-refractivity contribution is 8.14. The number of benzene rings is 1. The number of thiophene rings is 1. The van der Waals surface area contributed by atoms with Crippen LogP contribution < -0.4 is 0 Å². The minimum Gasteiger partial charge on any atom is -0.227 e. The van der Waals surface area contributed by atoms with Gasteiger partial charge in [-0.15, -0.1) is 11.3 Å². The van der Waals surface area contributed by atoms with E-state index in [9.17, 15) is 4.39 Å². The van der Waals surface area contributed by atoms with Crippen LogP contribution >= 0.6 is 23.1 Å². The van der Waals surface area contributed by atoms with Crippen molar-refractivity contribution in [3.05, 3.63) is 63.7 Å². The van der Waals surface area contributed by atoms with Gasteiger partial charge in [-0.1, -0.05) is 17.8 Å². The Balaban J connectivity index is 1.90. The lowest BCUT2D eigenvalue weighted by Crippen LogP contribution is -2.05. The van der Waals surface area contributed by atoms with Gasteiger partial charge in [-0.3, -0.25) is 0 Å². The number of hydrogen-bond acceptors (Lipinski definition) is 4. The summed E-state index contributed by atoms with van der Waals surface area (Å²) in [5.41, 5.74) is 2.93. The highest BCUT2D eigenvalue weighted by atomic mass is 32.2. The van der Waals surface area contributed by atoms with Gasteiger partial charge in [0.15, 0.2) is 5.82 Å². The lowest BCUT2D eigenvalue weighted by Gasteiger charge is -2.20. The van der Waals surface area contributed by atoms with Gasteiger partial charge < -0.3 is 0 Å². The number of halogens is 1. The van der Waals surface area contributed by atoms with Crippen molar-refractivity contribution in [2.45, 2.75) is 19.1 Å². The first-order chi connectivity index (χ1) is 11.1. The fourth-order valence-corrected chi connectivity index (χ4v) is 4.84. The summed E-state index contributed by atoms with van der Waals surface area (Å²) in [4.78, 5) is 6.01. The third kappa shape index (κ3) is 2.52. The Hall–Kier alpha value is -1.92. The van der Waals surface area contributed by atoms with Gasteiger partial charge in [-0.25, -0.2) is 14.1 Å². The molecule has 116 valence electrons. The lowest BCUT2D eigenvalue weighted by molar-refractivity contribution is 0.627. The summed E-state index contributed by atoms with van der Waals surface area (Å²) in [6, 6.07) is 10.6. The summed E-state index contributed by atoms with van der Waals surface area (Å²) in [5.74, 6) is 0.599. The van der Waals surface area contributed by atoms with Gasteiger partial charge in [-0.2, -0.15) is 5.10 Å². The molecule has 1 aliphatic rings. The summed E-state index contributed by atoms with van der Waals surface area (Å²) in [6.45, 7) is 4.03. The van der Waals surface area contributed by atoms with Crippen molar-refractivity contribution in [2.75, 3.05) is 0 Å². The highest BCUT2D eigenvalue weighted by Gasteiger charge is 2.30. The van der Waals surface area contributed by atoms with Gasteiger partial charge in [-0.05, 0) is 49.6 Å². The molecule has 0 saturated heterocycles. The number of thioether (sulfide) groups is 1. The van der Waals surface area contributed by atoms with E-state index in [4.69, 9.17) is 4.99 Å². The standard InChI is InChI=1S/C17H14FN3S2/c1-10-15-16(14-4-3-9-22-14)23-11(2)19-17(15)21(20-10)13-7-5-12(18)6-8-13/h3-9,16H,1-2H3/t16-/m0/s1. The molecular formula is C17H14FN3S2. The third-order valence-corrected chi connectivity index (χ3v) is 6.01. The fourth-order valence-electron chi connectivity index (χ4n) is 2.75. The molecule has 0 spiro atoms. The number of fused-ring (bicyclic) bond motifs is 1. The van der Waals surface area contributed by atoms with Gasteiger partial charge in [0.1, 0.15) is 5.82 Å². The quantitative estimate of drug-likeness (QED) is 0.635. The first-order valence-electron chi connectivity index (χ1n) is 7.24. The van der Waals surface area contributed by atoms with Crippen molar-refractivity contribution in [1.82, 2.24) is 9.78 Å². The predicted molar refractivity (Wildman–Crippen MR) is 94.8 cm³/mol. The topological polar surface area (TPSA) is 30.2 Å².